The normalized spacial score (nSPS) is 18.3. The maximum atomic E-state index is 10.9. The highest BCUT2D eigenvalue weighted by Gasteiger charge is 2.31. The van der Waals surface area contributed by atoms with E-state index in [-0.39, 0.29) is 12.1 Å². The van der Waals surface area contributed by atoms with E-state index in [1.54, 1.807) is 0 Å². The number of fused-ring (bicyclic) bond motifs is 1. The smallest absolute Gasteiger partial charge is 0.317 e. The highest BCUT2D eigenvalue weighted by atomic mass is 16.4. The maximum absolute atomic E-state index is 10.9. The topological polar surface area (TPSA) is 40.5 Å². The Bertz CT molecular complexity index is 448. The van der Waals surface area contributed by atoms with Gasteiger partial charge in [-0.05, 0) is 38.3 Å². The van der Waals surface area contributed by atoms with E-state index >= 15 is 0 Å². The van der Waals surface area contributed by atoms with Crippen LogP contribution in [0.15, 0.2) is 24.3 Å². The fourth-order valence-corrected chi connectivity index (χ4v) is 2.53. The van der Waals surface area contributed by atoms with E-state index in [0.29, 0.717) is 5.92 Å². The molecule has 0 aliphatic heterocycles. The van der Waals surface area contributed by atoms with Gasteiger partial charge in [-0.15, -0.1) is 0 Å². The summed E-state index contributed by atoms with van der Waals surface area (Å²) in [7, 11) is 0. The number of nitrogens with zero attached hydrogens (tertiary/aromatic N) is 1. The molecule has 0 heterocycles. The van der Waals surface area contributed by atoms with Crippen molar-refractivity contribution >= 4 is 5.97 Å². The Morgan fingerprint density at radius 2 is 2.06 bits per heavy atom. The van der Waals surface area contributed by atoms with Gasteiger partial charge in [-0.25, -0.2) is 0 Å². The van der Waals surface area contributed by atoms with Gasteiger partial charge in [0.25, 0.3) is 0 Å². The number of rotatable bonds is 4. The lowest BCUT2D eigenvalue weighted by Gasteiger charge is -2.40. The fraction of sp³-hybridized carbons (Fsp3) is 0.533. The minimum Gasteiger partial charge on any atom is -0.480 e. The monoisotopic (exact) mass is 247 g/mol. The third-order valence-corrected chi connectivity index (χ3v) is 3.68. The summed E-state index contributed by atoms with van der Waals surface area (Å²) in [5.41, 5.74) is 2.69. The van der Waals surface area contributed by atoms with Crippen LogP contribution in [0.1, 0.15) is 37.8 Å². The quantitative estimate of drug-likeness (QED) is 0.888. The van der Waals surface area contributed by atoms with Crippen molar-refractivity contribution in [2.75, 3.05) is 13.1 Å². The summed E-state index contributed by atoms with van der Waals surface area (Å²) in [5.74, 6) is -0.266. The Balaban J connectivity index is 2.06. The molecule has 0 fully saturated rings. The predicted molar refractivity (Wildman–Crippen MR) is 71.8 cm³/mol. The van der Waals surface area contributed by atoms with Crippen LogP contribution in [0.3, 0.4) is 0 Å². The number of hydrogen-bond donors (Lipinski definition) is 1. The number of carbonyl (C=O) groups is 1. The second-order valence-electron chi connectivity index (χ2n) is 6.04. The number of benzene rings is 1. The summed E-state index contributed by atoms with van der Waals surface area (Å²) in [5, 5.41) is 9.00. The third kappa shape index (κ3) is 2.72. The molecule has 98 valence electrons. The van der Waals surface area contributed by atoms with Crippen molar-refractivity contribution in [3.05, 3.63) is 35.4 Å². The molecule has 3 nitrogen and oxygen atoms in total. The summed E-state index contributed by atoms with van der Waals surface area (Å²) in [6, 6.07) is 8.44. The zero-order chi connectivity index (χ0) is 13.3. The average Bonchev–Trinajstić information content (AvgIpc) is 2.22. The second-order valence-corrected chi connectivity index (χ2v) is 6.04. The Kier molecular flexibility index (Phi) is 3.44. The summed E-state index contributed by atoms with van der Waals surface area (Å²) in [6.45, 7) is 7.15. The molecule has 1 aromatic rings. The molecule has 0 spiro atoms. The molecule has 1 aliphatic rings. The molecule has 3 heteroatoms. The van der Waals surface area contributed by atoms with Crippen molar-refractivity contribution in [1.29, 1.82) is 0 Å². The molecule has 1 atom stereocenters. The van der Waals surface area contributed by atoms with Crippen LogP contribution < -0.4 is 0 Å². The van der Waals surface area contributed by atoms with Crippen LogP contribution in [0.5, 0.6) is 0 Å². The SMILES string of the molecule is CC(C)(C)N(CC(=O)O)CC1Cc2ccccc21. The number of carboxylic acid groups (broad SMARTS) is 1. The highest BCUT2D eigenvalue weighted by Crippen LogP contribution is 2.36. The molecule has 0 saturated heterocycles. The third-order valence-electron chi connectivity index (χ3n) is 3.68. The Labute approximate surface area is 108 Å². The van der Waals surface area contributed by atoms with Crippen molar-refractivity contribution in [1.82, 2.24) is 4.90 Å². The zero-order valence-electron chi connectivity index (χ0n) is 11.3. The van der Waals surface area contributed by atoms with Gasteiger partial charge in [-0.3, -0.25) is 9.69 Å². The van der Waals surface area contributed by atoms with Crippen LogP contribution in [0.4, 0.5) is 0 Å². The number of carboxylic acids is 1. The lowest BCUT2D eigenvalue weighted by Crippen LogP contribution is -2.47. The van der Waals surface area contributed by atoms with Crippen LogP contribution in [-0.2, 0) is 11.2 Å². The molecule has 1 N–H and O–H groups in total. The Hall–Kier alpha value is -1.35. The van der Waals surface area contributed by atoms with E-state index in [1.807, 2.05) is 0 Å². The molecule has 0 aromatic heterocycles. The van der Waals surface area contributed by atoms with Crippen molar-refractivity contribution < 1.29 is 9.90 Å². The van der Waals surface area contributed by atoms with E-state index in [9.17, 15) is 4.79 Å². The lowest BCUT2D eigenvalue weighted by atomic mass is 9.77. The summed E-state index contributed by atoms with van der Waals surface area (Å²) >= 11 is 0. The first kappa shape index (κ1) is 13.1. The maximum Gasteiger partial charge on any atom is 0.317 e. The van der Waals surface area contributed by atoms with Crippen molar-refractivity contribution in [2.45, 2.75) is 38.6 Å². The van der Waals surface area contributed by atoms with Gasteiger partial charge < -0.3 is 5.11 Å². The molecule has 1 unspecified atom stereocenters. The van der Waals surface area contributed by atoms with Gasteiger partial charge in [-0.2, -0.15) is 0 Å². The summed E-state index contributed by atoms with van der Waals surface area (Å²) < 4.78 is 0. The highest BCUT2D eigenvalue weighted by molar-refractivity contribution is 5.69. The number of hydrogen-bond acceptors (Lipinski definition) is 2. The fourth-order valence-electron chi connectivity index (χ4n) is 2.53. The van der Waals surface area contributed by atoms with Crippen LogP contribution in [0.2, 0.25) is 0 Å². The zero-order valence-corrected chi connectivity index (χ0v) is 11.3. The molecule has 1 aromatic carbocycles. The van der Waals surface area contributed by atoms with E-state index in [2.05, 4.69) is 49.9 Å². The van der Waals surface area contributed by atoms with E-state index in [0.717, 1.165) is 13.0 Å². The van der Waals surface area contributed by atoms with E-state index in [4.69, 9.17) is 5.11 Å². The lowest BCUT2D eigenvalue weighted by molar-refractivity contribution is -0.139. The largest absolute Gasteiger partial charge is 0.480 e. The average molecular weight is 247 g/mol. The van der Waals surface area contributed by atoms with Gasteiger partial charge in [0.15, 0.2) is 0 Å². The van der Waals surface area contributed by atoms with Crippen LogP contribution in [0, 0.1) is 0 Å². The molecular weight excluding hydrogens is 226 g/mol. The van der Waals surface area contributed by atoms with Crippen molar-refractivity contribution in [3.63, 3.8) is 0 Å². The van der Waals surface area contributed by atoms with Gasteiger partial charge in [0.1, 0.15) is 0 Å². The van der Waals surface area contributed by atoms with Crippen LogP contribution in [-0.4, -0.2) is 34.6 Å². The molecule has 1 aliphatic carbocycles. The summed E-state index contributed by atoms with van der Waals surface area (Å²) in [4.78, 5) is 13.0. The molecule has 0 saturated carbocycles. The van der Waals surface area contributed by atoms with Crippen LogP contribution >= 0.6 is 0 Å². The molecular formula is C15H21NO2. The predicted octanol–water partition coefficient (Wildman–Crippen LogP) is 2.51. The van der Waals surface area contributed by atoms with Gasteiger partial charge in [0, 0.05) is 18.0 Å². The number of aliphatic carboxylic acids is 1. The van der Waals surface area contributed by atoms with E-state index < -0.39 is 5.97 Å². The molecule has 0 amide bonds. The van der Waals surface area contributed by atoms with Gasteiger partial charge in [-0.1, -0.05) is 24.3 Å². The first-order valence-corrected chi connectivity index (χ1v) is 6.42. The molecule has 0 radical (unpaired) electrons. The van der Waals surface area contributed by atoms with Gasteiger partial charge in [0.05, 0.1) is 6.54 Å². The van der Waals surface area contributed by atoms with Crippen molar-refractivity contribution in [2.24, 2.45) is 0 Å². The first-order valence-electron chi connectivity index (χ1n) is 6.42. The second kappa shape index (κ2) is 4.73. The standard InChI is InChI=1S/C15H21NO2/c1-15(2,3)16(10-14(17)18)9-12-8-11-6-4-5-7-13(11)12/h4-7,12H,8-10H2,1-3H3,(H,17,18). The van der Waals surface area contributed by atoms with Crippen molar-refractivity contribution in [3.8, 4) is 0 Å². The molecule has 18 heavy (non-hydrogen) atoms. The Morgan fingerprint density at radius 1 is 1.39 bits per heavy atom. The minimum absolute atomic E-state index is 0.108. The van der Waals surface area contributed by atoms with Gasteiger partial charge >= 0.3 is 5.97 Å². The molecule has 2 rings (SSSR count). The molecule has 0 bridgehead atoms. The minimum atomic E-state index is -0.752. The summed E-state index contributed by atoms with van der Waals surface area (Å²) in [6.07, 6.45) is 1.07. The Morgan fingerprint density at radius 3 is 2.61 bits per heavy atom. The first-order chi connectivity index (χ1) is 8.38. The van der Waals surface area contributed by atoms with E-state index in [1.165, 1.54) is 11.1 Å². The van der Waals surface area contributed by atoms with Gasteiger partial charge in [0.2, 0.25) is 0 Å². The van der Waals surface area contributed by atoms with Crippen LogP contribution in [0.25, 0.3) is 0 Å².